The summed E-state index contributed by atoms with van der Waals surface area (Å²) in [6.45, 7) is 7.03. The van der Waals surface area contributed by atoms with Gasteiger partial charge in [-0.2, -0.15) is 0 Å². The minimum atomic E-state index is -0.291. The molecule has 0 aliphatic carbocycles. The molecule has 0 saturated carbocycles. The highest BCUT2D eigenvalue weighted by Gasteiger charge is 2.42. The lowest BCUT2D eigenvalue weighted by molar-refractivity contribution is 0.156. The van der Waals surface area contributed by atoms with Crippen LogP contribution in [0.5, 0.6) is 0 Å². The van der Waals surface area contributed by atoms with E-state index in [2.05, 4.69) is 22.1 Å². The molecule has 2 aliphatic heterocycles. The van der Waals surface area contributed by atoms with Gasteiger partial charge in [-0.3, -0.25) is 9.38 Å². The van der Waals surface area contributed by atoms with Crippen molar-refractivity contribution in [3.8, 4) is 0 Å². The van der Waals surface area contributed by atoms with Crippen molar-refractivity contribution in [3.63, 3.8) is 0 Å². The molecule has 0 radical (unpaired) electrons. The average molecular weight is 385 g/mol. The third kappa shape index (κ3) is 4.44. The molecular weight excluding hydrogens is 360 g/mol. The van der Waals surface area contributed by atoms with Gasteiger partial charge >= 0.3 is 0 Å². The van der Waals surface area contributed by atoms with Gasteiger partial charge in [0.25, 0.3) is 0 Å². The predicted octanol–water partition coefficient (Wildman–Crippen LogP) is 2.04. The van der Waals surface area contributed by atoms with Crippen LogP contribution in [0.4, 0.5) is 4.39 Å². The van der Waals surface area contributed by atoms with E-state index in [4.69, 9.17) is 4.74 Å². The molecule has 0 amide bonds. The summed E-state index contributed by atoms with van der Waals surface area (Å²) in [4.78, 5) is 6.79. The Morgan fingerprint density at radius 3 is 2.95 bits per heavy atom. The summed E-state index contributed by atoms with van der Waals surface area (Å²) in [5.74, 6) is 0.940. The fraction of sp³-hybridized carbons (Fsp3) is 0.923. The predicted molar refractivity (Wildman–Crippen MR) is 86.0 cm³/mol. The number of rotatable bonds is 4. The minimum absolute atomic E-state index is 0. The summed E-state index contributed by atoms with van der Waals surface area (Å²) in [7, 11) is 0. The highest BCUT2D eigenvalue weighted by Crippen LogP contribution is 2.38. The molecular formula is C13H25FIN3O. The van der Waals surface area contributed by atoms with Crippen molar-refractivity contribution in [2.75, 3.05) is 46.1 Å². The van der Waals surface area contributed by atoms with Gasteiger partial charge in [0.05, 0.1) is 13.3 Å². The van der Waals surface area contributed by atoms with Crippen LogP contribution in [0.3, 0.4) is 0 Å². The molecule has 4 nitrogen and oxygen atoms in total. The first-order valence-electron chi connectivity index (χ1n) is 6.97. The van der Waals surface area contributed by atoms with E-state index in [1.807, 2.05) is 0 Å². The fourth-order valence-electron chi connectivity index (χ4n) is 2.76. The van der Waals surface area contributed by atoms with Crippen LogP contribution in [0.25, 0.3) is 0 Å². The fourth-order valence-corrected chi connectivity index (χ4v) is 2.76. The number of nitrogens with zero attached hydrogens (tertiary/aromatic N) is 2. The maximum absolute atomic E-state index is 12.1. The van der Waals surface area contributed by atoms with Gasteiger partial charge in [0.2, 0.25) is 0 Å². The standard InChI is InChI=1S/C13H24FN3O.HI/c1-2-15-12(16-7-3-6-14)17-8-4-13(10-17)5-9-18-11-13;/h2-11H2,1H3,(H,15,16);1H. The van der Waals surface area contributed by atoms with Crippen molar-refractivity contribution in [1.29, 1.82) is 0 Å². The van der Waals surface area contributed by atoms with Gasteiger partial charge in [-0.25, -0.2) is 0 Å². The van der Waals surface area contributed by atoms with E-state index < -0.39 is 0 Å². The van der Waals surface area contributed by atoms with Gasteiger partial charge in [0, 0.05) is 38.2 Å². The summed E-state index contributed by atoms with van der Waals surface area (Å²) >= 11 is 0. The minimum Gasteiger partial charge on any atom is -0.381 e. The third-order valence-corrected chi connectivity index (χ3v) is 3.81. The number of halogens is 2. The number of hydrogen-bond donors (Lipinski definition) is 1. The maximum atomic E-state index is 12.1. The van der Waals surface area contributed by atoms with Crippen molar-refractivity contribution in [2.24, 2.45) is 10.4 Å². The number of aliphatic imine (C=N–C) groups is 1. The molecule has 112 valence electrons. The van der Waals surface area contributed by atoms with Crippen LogP contribution in [-0.2, 0) is 4.74 Å². The van der Waals surface area contributed by atoms with E-state index in [1.54, 1.807) is 0 Å². The number of hydrogen-bond acceptors (Lipinski definition) is 2. The zero-order valence-electron chi connectivity index (χ0n) is 11.7. The lowest BCUT2D eigenvalue weighted by Crippen LogP contribution is -2.41. The van der Waals surface area contributed by atoms with Gasteiger partial charge in [0.1, 0.15) is 0 Å². The van der Waals surface area contributed by atoms with Gasteiger partial charge in [-0.05, 0) is 26.2 Å². The quantitative estimate of drug-likeness (QED) is 0.348. The zero-order chi connectivity index (χ0) is 12.8. The molecule has 1 spiro atoms. The SMILES string of the molecule is CCNC(=NCCCF)N1CCC2(CCOC2)C1.I. The molecule has 0 aromatic carbocycles. The second kappa shape index (κ2) is 8.24. The van der Waals surface area contributed by atoms with Crippen LogP contribution >= 0.6 is 24.0 Å². The first-order chi connectivity index (χ1) is 8.79. The van der Waals surface area contributed by atoms with Crippen LogP contribution < -0.4 is 5.32 Å². The van der Waals surface area contributed by atoms with E-state index in [0.29, 0.717) is 18.4 Å². The number of nitrogens with one attached hydrogen (secondary N) is 1. The van der Waals surface area contributed by atoms with Gasteiger partial charge in [-0.1, -0.05) is 0 Å². The van der Waals surface area contributed by atoms with Crippen molar-refractivity contribution in [2.45, 2.75) is 26.2 Å². The van der Waals surface area contributed by atoms with Crippen LogP contribution in [0.15, 0.2) is 4.99 Å². The molecule has 2 aliphatic rings. The van der Waals surface area contributed by atoms with Crippen molar-refractivity contribution in [3.05, 3.63) is 0 Å². The van der Waals surface area contributed by atoms with E-state index >= 15 is 0 Å². The number of alkyl halides is 1. The van der Waals surface area contributed by atoms with Gasteiger partial charge < -0.3 is 15.0 Å². The van der Waals surface area contributed by atoms with Crippen molar-refractivity contribution in [1.82, 2.24) is 10.2 Å². The Bertz CT molecular complexity index is 296. The number of ether oxygens (including phenoxy) is 1. The largest absolute Gasteiger partial charge is 0.381 e. The average Bonchev–Trinajstić information content (AvgIpc) is 3.00. The molecule has 1 unspecified atom stereocenters. The second-order valence-corrected chi connectivity index (χ2v) is 5.25. The summed E-state index contributed by atoms with van der Waals surface area (Å²) in [5, 5.41) is 3.30. The van der Waals surface area contributed by atoms with Crippen molar-refractivity contribution < 1.29 is 9.13 Å². The topological polar surface area (TPSA) is 36.9 Å². The maximum Gasteiger partial charge on any atom is 0.193 e. The molecule has 0 bridgehead atoms. The van der Waals surface area contributed by atoms with Gasteiger partial charge in [0.15, 0.2) is 5.96 Å². The Morgan fingerprint density at radius 1 is 1.47 bits per heavy atom. The lowest BCUT2D eigenvalue weighted by Gasteiger charge is -2.24. The molecule has 2 rings (SSSR count). The van der Waals surface area contributed by atoms with E-state index in [9.17, 15) is 4.39 Å². The zero-order valence-corrected chi connectivity index (χ0v) is 14.0. The van der Waals surface area contributed by atoms with Gasteiger partial charge in [-0.15, -0.1) is 24.0 Å². The molecule has 1 N–H and O–H groups in total. The van der Waals surface area contributed by atoms with Crippen LogP contribution in [0.1, 0.15) is 26.2 Å². The second-order valence-electron chi connectivity index (χ2n) is 5.25. The first-order valence-corrected chi connectivity index (χ1v) is 6.97. The summed E-state index contributed by atoms with van der Waals surface area (Å²) < 4.78 is 17.7. The smallest absolute Gasteiger partial charge is 0.193 e. The summed E-state index contributed by atoms with van der Waals surface area (Å²) in [5.41, 5.74) is 0.344. The molecule has 0 aromatic rings. The monoisotopic (exact) mass is 385 g/mol. The highest BCUT2D eigenvalue weighted by molar-refractivity contribution is 14.0. The Balaban J connectivity index is 0.00000180. The van der Waals surface area contributed by atoms with Crippen LogP contribution in [0.2, 0.25) is 0 Å². The molecule has 1 atom stereocenters. The van der Waals surface area contributed by atoms with Crippen LogP contribution in [0, 0.1) is 5.41 Å². The highest BCUT2D eigenvalue weighted by atomic mass is 127. The van der Waals surface area contributed by atoms with E-state index in [0.717, 1.165) is 45.2 Å². The van der Waals surface area contributed by atoms with E-state index in [-0.39, 0.29) is 30.7 Å². The third-order valence-electron chi connectivity index (χ3n) is 3.81. The Labute approximate surface area is 132 Å². The molecule has 19 heavy (non-hydrogen) atoms. The normalized spacial score (nSPS) is 26.8. The molecule has 6 heteroatoms. The number of guanidine groups is 1. The van der Waals surface area contributed by atoms with Crippen molar-refractivity contribution >= 4 is 29.9 Å². The van der Waals surface area contributed by atoms with E-state index in [1.165, 1.54) is 6.42 Å². The lowest BCUT2D eigenvalue weighted by atomic mass is 9.87. The molecule has 0 aromatic heterocycles. The molecule has 2 fully saturated rings. The molecule has 2 saturated heterocycles. The number of likely N-dealkylation sites (tertiary alicyclic amines) is 1. The Morgan fingerprint density at radius 2 is 2.32 bits per heavy atom. The summed E-state index contributed by atoms with van der Waals surface area (Å²) in [6.07, 6.45) is 2.85. The summed E-state index contributed by atoms with van der Waals surface area (Å²) in [6, 6.07) is 0. The van der Waals surface area contributed by atoms with Crippen LogP contribution in [-0.4, -0.2) is 56.9 Å². The first kappa shape index (κ1) is 16.9. The Hall–Kier alpha value is -0.110. The Kier molecular flexibility index (Phi) is 7.35. The molecule has 2 heterocycles.